The number of benzene rings is 2. The van der Waals surface area contributed by atoms with Gasteiger partial charge in [-0.05, 0) is 42.5 Å². The number of nitrogens with zero attached hydrogens (tertiary/aromatic N) is 2. The summed E-state index contributed by atoms with van der Waals surface area (Å²) < 4.78 is 0. The number of amides is 3. The highest BCUT2D eigenvalue weighted by Gasteiger charge is 2.14. The second-order valence-electron chi connectivity index (χ2n) is 6.23. The van der Waals surface area contributed by atoms with Gasteiger partial charge in [-0.2, -0.15) is 0 Å². The van der Waals surface area contributed by atoms with E-state index in [1.807, 2.05) is 48.5 Å². The van der Waals surface area contributed by atoms with Crippen LogP contribution in [0.5, 0.6) is 0 Å². The van der Waals surface area contributed by atoms with Crippen LogP contribution in [0.3, 0.4) is 0 Å². The molecule has 28 heavy (non-hydrogen) atoms. The summed E-state index contributed by atoms with van der Waals surface area (Å²) in [5.74, 6) is -0.148. The minimum Gasteiger partial charge on any atom is -0.337 e. The summed E-state index contributed by atoms with van der Waals surface area (Å²) in [6, 6.07) is 21.7. The van der Waals surface area contributed by atoms with Crippen LogP contribution in [0.4, 0.5) is 16.2 Å². The molecule has 3 rings (SSSR count). The molecular formula is C22H22N4O2. The lowest BCUT2D eigenvalue weighted by Gasteiger charge is -2.17. The zero-order valence-corrected chi connectivity index (χ0v) is 15.6. The summed E-state index contributed by atoms with van der Waals surface area (Å²) >= 11 is 0. The van der Waals surface area contributed by atoms with E-state index in [4.69, 9.17) is 0 Å². The monoisotopic (exact) mass is 374 g/mol. The van der Waals surface area contributed by atoms with Crippen LogP contribution in [-0.4, -0.2) is 30.5 Å². The van der Waals surface area contributed by atoms with E-state index in [0.717, 1.165) is 11.4 Å². The Morgan fingerprint density at radius 3 is 2.50 bits per heavy atom. The first-order valence-corrected chi connectivity index (χ1v) is 9.01. The highest BCUT2D eigenvalue weighted by Crippen LogP contribution is 2.17. The fourth-order valence-corrected chi connectivity index (χ4v) is 2.72. The van der Waals surface area contributed by atoms with E-state index in [2.05, 4.69) is 15.6 Å². The molecule has 0 aliphatic rings. The molecule has 142 valence electrons. The molecule has 0 atom stereocenters. The summed E-state index contributed by atoms with van der Waals surface area (Å²) in [7, 11) is 1.72. The first-order valence-electron chi connectivity index (χ1n) is 9.01. The fraction of sp³-hybridized carbons (Fsp3) is 0.136. The van der Waals surface area contributed by atoms with Gasteiger partial charge in [0.1, 0.15) is 0 Å². The molecule has 3 aromatic rings. The molecule has 0 aliphatic carbocycles. The maximum atomic E-state index is 12.7. The van der Waals surface area contributed by atoms with Crippen molar-refractivity contribution in [3.8, 4) is 0 Å². The molecule has 0 radical (unpaired) electrons. The van der Waals surface area contributed by atoms with Crippen LogP contribution in [0, 0.1) is 0 Å². The highest BCUT2D eigenvalue weighted by atomic mass is 16.2. The minimum absolute atomic E-state index is 0.148. The third kappa shape index (κ3) is 5.17. The topological polar surface area (TPSA) is 74.3 Å². The maximum absolute atomic E-state index is 12.7. The predicted octanol–water partition coefficient (Wildman–Crippen LogP) is 3.72. The van der Waals surface area contributed by atoms with Crippen molar-refractivity contribution in [2.24, 2.45) is 0 Å². The molecule has 3 amide bonds. The van der Waals surface area contributed by atoms with Crippen LogP contribution in [-0.2, 0) is 6.42 Å². The quantitative estimate of drug-likeness (QED) is 0.690. The number of carbonyl (C=O) groups excluding carboxylic acids is 2. The Morgan fingerprint density at radius 1 is 0.964 bits per heavy atom. The molecule has 0 saturated carbocycles. The zero-order chi connectivity index (χ0) is 19.8. The summed E-state index contributed by atoms with van der Waals surface area (Å²) in [4.78, 5) is 30.6. The van der Waals surface area contributed by atoms with Crippen LogP contribution < -0.4 is 15.5 Å². The average molecular weight is 374 g/mol. The number of rotatable bonds is 6. The van der Waals surface area contributed by atoms with Gasteiger partial charge in [0.15, 0.2) is 0 Å². The highest BCUT2D eigenvalue weighted by molar-refractivity contribution is 6.06. The van der Waals surface area contributed by atoms with Crippen molar-refractivity contribution in [3.63, 3.8) is 0 Å². The minimum atomic E-state index is -0.322. The van der Waals surface area contributed by atoms with Crippen molar-refractivity contribution in [1.82, 2.24) is 10.3 Å². The van der Waals surface area contributed by atoms with Gasteiger partial charge >= 0.3 is 6.03 Å². The van der Waals surface area contributed by atoms with Gasteiger partial charge in [-0.3, -0.25) is 9.78 Å². The molecule has 0 spiro atoms. The molecule has 6 nitrogen and oxygen atoms in total. The molecule has 2 N–H and O–H groups in total. The van der Waals surface area contributed by atoms with E-state index in [1.54, 1.807) is 42.4 Å². The standard InChI is InChI=1S/C22H22N4O2/c1-26(20-11-3-2-4-12-20)21(27)17-8-7-10-19(16-17)25-22(28)24-15-13-18-9-5-6-14-23-18/h2-12,14,16H,13,15H2,1H3,(H2,24,25,28). The van der Waals surface area contributed by atoms with Gasteiger partial charge in [0.05, 0.1) is 0 Å². The normalized spacial score (nSPS) is 10.2. The second kappa shape index (κ2) is 9.32. The second-order valence-corrected chi connectivity index (χ2v) is 6.23. The summed E-state index contributed by atoms with van der Waals surface area (Å²) in [5.41, 5.74) is 2.78. The lowest BCUT2D eigenvalue weighted by atomic mass is 10.1. The molecule has 1 heterocycles. The van der Waals surface area contributed by atoms with E-state index in [-0.39, 0.29) is 11.9 Å². The van der Waals surface area contributed by atoms with E-state index in [9.17, 15) is 9.59 Å². The molecule has 0 unspecified atom stereocenters. The molecule has 1 aromatic heterocycles. The smallest absolute Gasteiger partial charge is 0.319 e. The van der Waals surface area contributed by atoms with Crippen LogP contribution in [0.15, 0.2) is 79.0 Å². The first kappa shape index (κ1) is 19.1. The van der Waals surface area contributed by atoms with Crippen molar-refractivity contribution in [1.29, 1.82) is 0 Å². The third-order valence-electron chi connectivity index (χ3n) is 4.21. The molecule has 0 fully saturated rings. The number of anilines is 2. The SMILES string of the molecule is CN(C(=O)c1cccc(NC(=O)NCCc2ccccn2)c1)c1ccccc1. The van der Waals surface area contributed by atoms with Crippen molar-refractivity contribution in [2.75, 3.05) is 23.8 Å². The maximum Gasteiger partial charge on any atom is 0.319 e. The van der Waals surface area contributed by atoms with Crippen molar-refractivity contribution in [3.05, 3.63) is 90.3 Å². The molecular weight excluding hydrogens is 352 g/mol. The molecule has 6 heteroatoms. The van der Waals surface area contributed by atoms with Gasteiger partial charge in [0.2, 0.25) is 0 Å². The van der Waals surface area contributed by atoms with E-state index in [0.29, 0.717) is 24.2 Å². The summed E-state index contributed by atoms with van der Waals surface area (Å²) in [6.45, 7) is 0.470. The van der Waals surface area contributed by atoms with E-state index >= 15 is 0 Å². The number of para-hydroxylation sites is 1. The van der Waals surface area contributed by atoms with E-state index < -0.39 is 0 Å². The Labute approximate surface area is 164 Å². The van der Waals surface area contributed by atoms with Crippen molar-refractivity contribution >= 4 is 23.3 Å². The average Bonchev–Trinajstić information content (AvgIpc) is 2.74. The van der Waals surface area contributed by atoms with Crippen molar-refractivity contribution in [2.45, 2.75) is 6.42 Å². The van der Waals surface area contributed by atoms with Crippen molar-refractivity contribution < 1.29 is 9.59 Å². The molecule has 0 aliphatic heterocycles. The van der Waals surface area contributed by atoms with Gasteiger partial charge in [-0.1, -0.05) is 30.3 Å². The summed E-state index contributed by atoms with van der Waals surface area (Å²) in [6.07, 6.45) is 2.37. The molecule has 0 saturated heterocycles. The van der Waals surface area contributed by atoms with Gasteiger partial charge in [0, 0.05) is 48.8 Å². The number of hydrogen-bond donors (Lipinski definition) is 2. The number of hydrogen-bond acceptors (Lipinski definition) is 3. The fourth-order valence-electron chi connectivity index (χ4n) is 2.72. The Bertz CT molecular complexity index is 930. The van der Waals surface area contributed by atoms with Crippen LogP contribution in [0.1, 0.15) is 16.1 Å². The Balaban J connectivity index is 1.56. The van der Waals surface area contributed by atoms with Crippen LogP contribution in [0.25, 0.3) is 0 Å². The van der Waals surface area contributed by atoms with Gasteiger partial charge in [-0.25, -0.2) is 4.79 Å². The Kier molecular flexibility index (Phi) is 6.36. The van der Waals surface area contributed by atoms with Gasteiger partial charge in [-0.15, -0.1) is 0 Å². The first-order chi connectivity index (χ1) is 13.6. The third-order valence-corrected chi connectivity index (χ3v) is 4.21. The Hall–Kier alpha value is -3.67. The van der Waals surface area contributed by atoms with Gasteiger partial charge < -0.3 is 15.5 Å². The Morgan fingerprint density at radius 2 is 1.75 bits per heavy atom. The summed E-state index contributed by atoms with van der Waals surface area (Å²) in [5, 5.41) is 5.55. The predicted molar refractivity (Wildman–Crippen MR) is 111 cm³/mol. The van der Waals surface area contributed by atoms with Gasteiger partial charge in [0.25, 0.3) is 5.91 Å². The number of carbonyl (C=O) groups is 2. The number of pyridine rings is 1. The van der Waals surface area contributed by atoms with E-state index in [1.165, 1.54) is 0 Å². The largest absolute Gasteiger partial charge is 0.337 e. The number of nitrogens with one attached hydrogen (secondary N) is 2. The molecule has 0 bridgehead atoms. The number of urea groups is 1. The lowest BCUT2D eigenvalue weighted by Crippen LogP contribution is -2.31. The lowest BCUT2D eigenvalue weighted by molar-refractivity contribution is 0.0993. The number of aromatic nitrogens is 1. The van der Waals surface area contributed by atoms with Crippen LogP contribution >= 0.6 is 0 Å². The van der Waals surface area contributed by atoms with Crippen LogP contribution in [0.2, 0.25) is 0 Å². The molecule has 2 aromatic carbocycles. The zero-order valence-electron chi connectivity index (χ0n) is 15.6.